The van der Waals surface area contributed by atoms with E-state index in [1.807, 2.05) is 11.0 Å². The first-order valence-electron chi connectivity index (χ1n) is 9.21. The Morgan fingerprint density at radius 2 is 2.04 bits per heavy atom. The minimum absolute atomic E-state index is 0.0904. The van der Waals surface area contributed by atoms with Crippen LogP contribution in [-0.4, -0.2) is 67.8 Å². The zero-order valence-corrected chi connectivity index (χ0v) is 14.5. The number of ether oxygens (including phenoxy) is 1. The third-order valence-electron chi connectivity index (χ3n) is 5.00. The highest BCUT2D eigenvalue weighted by Gasteiger charge is 2.26. The standard InChI is InChI=1S/C19H29N3O2/c23-19(20-10-4-8-17-6-2-1-3-7-17)22-12-5-11-21(13-14-22)18-9-15-24-16-18/h1-3,6-7,18H,4-5,8-16H2,(H,20,23). The van der Waals surface area contributed by atoms with E-state index in [1.54, 1.807) is 0 Å². The van der Waals surface area contributed by atoms with E-state index in [4.69, 9.17) is 4.74 Å². The van der Waals surface area contributed by atoms with Gasteiger partial charge < -0.3 is 15.0 Å². The summed E-state index contributed by atoms with van der Waals surface area (Å²) in [5, 5.41) is 3.08. The molecule has 132 valence electrons. The SMILES string of the molecule is O=C(NCCCc1ccccc1)N1CCCN(C2CCOC2)CC1. The van der Waals surface area contributed by atoms with Gasteiger partial charge in [-0.2, -0.15) is 0 Å². The van der Waals surface area contributed by atoms with Crippen molar-refractivity contribution in [3.05, 3.63) is 35.9 Å². The van der Waals surface area contributed by atoms with Gasteiger partial charge in [0.15, 0.2) is 0 Å². The monoisotopic (exact) mass is 331 g/mol. The maximum atomic E-state index is 12.4. The maximum absolute atomic E-state index is 12.4. The molecule has 1 aromatic carbocycles. The zero-order valence-electron chi connectivity index (χ0n) is 14.5. The van der Waals surface area contributed by atoms with Crippen molar-refractivity contribution in [2.45, 2.75) is 31.7 Å². The van der Waals surface area contributed by atoms with Crippen LogP contribution in [0.5, 0.6) is 0 Å². The number of aryl methyl sites for hydroxylation is 1. The molecule has 0 aliphatic carbocycles. The van der Waals surface area contributed by atoms with Crippen molar-refractivity contribution >= 4 is 6.03 Å². The smallest absolute Gasteiger partial charge is 0.317 e. The van der Waals surface area contributed by atoms with E-state index in [-0.39, 0.29) is 6.03 Å². The summed E-state index contributed by atoms with van der Waals surface area (Å²) in [7, 11) is 0. The van der Waals surface area contributed by atoms with Gasteiger partial charge in [0.25, 0.3) is 0 Å². The number of carbonyl (C=O) groups excluding carboxylic acids is 1. The van der Waals surface area contributed by atoms with Gasteiger partial charge in [0.2, 0.25) is 0 Å². The lowest BCUT2D eigenvalue weighted by Gasteiger charge is -2.26. The number of nitrogens with one attached hydrogen (secondary N) is 1. The fraction of sp³-hybridized carbons (Fsp3) is 0.632. The van der Waals surface area contributed by atoms with Crippen molar-refractivity contribution in [2.75, 3.05) is 45.9 Å². The first-order valence-corrected chi connectivity index (χ1v) is 9.21. The van der Waals surface area contributed by atoms with Crippen molar-refractivity contribution in [1.82, 2.24) is 15.1 Å². The van der Waals surface area contributed by atoms with Gasteiger partial charge in [-0.3, -0.25) is 4.90 Å². The number of hydrogen-bond acceptors (Lipinski definition) is 3. The molecule has 5 heteroatoms. The number of amides is 2. The normalized spacial score (nSPS) is 22.3. The third kappa shape index (κ3) is 4.95. The molecular formula is C19H29N3O2. The summed E-state index contributed by atoms with van der Waals surface area (Å²) < 4.78 is 5.49. The quantitative estimate of drug-likeness (QED) is 0.841. The van der Waals surface area contributed by atoms with Crippen LogP contribution in [0.3, 0.4) is 0 Å². The Hall–Kier alpha value is -1.59. The summed E-state index contributed by atoms with van der Waals surface area (Å²) in [5.74, 6) is 0. The molecule has 2 aliphatic heterocycles. The minimum atomic E-state index is 0.0904. The van der Waals surface area contributed by atoms with Crippen molar-refractivity contribution in [1.29, 1.82) is 0 Å². The van der Waals surface area contributed by atoms with Gasteiger partial charge in [-0.25, -0.2) is 4.79 Å². The van der Waals surface area contributed by atoms with Crippen LogP contribution in [0.2, 0.25) is 0 Å². The second kappa shape index (κ2) is 9.04. The predicted octanol–water partition coefficient (Wildman–Crippen LogP) is 2.13. The average molecular weight is 331 g/mol. The van der Waals surface area contributed by atoms with Crippen molar-refractivity contribution in [2.24, 2.45) is 0 Å². The molecule has 0 saturated carbocycles. The number of hydrogen-bond donors (Lipinski definition) is 1. The summed E-state index contributed by atoms with van der Waals surface area (Å²) in [4.78, 5) is 16.8. The molecule has 2 saturated heterocycles. The lowest BCUT2D eigenvalue weighted by Crippen LogP contribution is -2.43. The average Bonchev–Trinajstić information content (AvgIpc) is 3.04. The van der Waals surface area contributed by atoms with Crippen molar-refractivity contribution in [3.8, 4) is 0 Å². The molecule has 2 aliphatic rings. The van der Waals surface area contributed by atoms with Crippen LogP contribution < -0.4 is 5.32 Å². The number of urea groups is 1. The Morgan fingerprint density at radius 3 is 2.83 bits per heavy atom. The van der Waals surface area contributed by atoms with E-state index in [0.29, 0.717) is 6.04 Å². The highest BCUT2D eigenvalue weighted by atomic mass is 16.5. The molecule has 0 bridgehead atoms. The highest BCUT2D eigenvalue weighted by molar-refractivity contribution is 5.74. The first-order chi connectivity index (χ1) is 11.8. The molecule has 0 radical (unpaired) electrons. The van der Waals surface area contributed by atoms with Gasteiger partial charge in [0, 0.05) is 45.4 Å². The Morgan fingerprint density at radius 1 is 1.17 bits per heavy atom. The zero-order chi connectivity index (χ0) is 16.6. The van der Waals surface area contributed by atoms with E-state index >= 15 is 0 Å². The second-order valence-electron chi connectivity index (χ2n) is 6.72. The molecule has 5 nitrogen and oxygen atoms in total. The van der Waals surface area contributed by atoms with Gasteiger partial charge in [0.1, 0.15) is 0 Å². The lowest BCUT2D eigenvalue weighted by atomic mass is 10.1. The summed E-state index contributed by atoms with van der Waals surface area (Å²) in [6.07, 6.45) is 4.17. The summed E-state index contributed by atoms with van der Waals surface area (Å²) in [5.41, 5.74) is 1.33. The van der Waals surface area contributed by atoms with Crippen molar-refractivity contribution < 1.29 is 9.53 Å². The first kappa shape index (κ1) is 17.2. The van der Waals surface area contributed by atoms with Crippen LogP contribution in [0.4, 0.5) is 4.79 Å². The molecule has 24 heavy (non-hydrogen) atoms. The van der Waals surface area contributed by atoms with Crippen LogP contribution in [0, 0.1) is 0 Å². The molecule has 2 amide bonds. The van der Waals surface area contributed by atoms with E-state index < -0.39 is 0 Å². The van der Waals surface area contributed by atoms with E-state index in [2.05, 4.69) is 34.5 Å². The van der Waals surface area contributed by atoms with Crippen LogP contribution in [-0.2, 0) is 11.2 Å². The molecule has 0 spiro atoms. The highest BCUT2D eigenvalue weighted by Crippen LogP contribution is 2.15. The Kier molecular flexibility index (Phi) is 6.49. The summed E-state index contributed by atoms with van der Waals surface area (Å²) in [6.45, 7) is 6.19. The molecule has 1 aromatic rings. The number of rotatable bonds is 5. The largest absolute Gasteiger partial charge is 0.380 e. The Balaban J connectivity index is 1.35. The maximum Gasteiger partial charge on any atom is 0.317 e. The van der Waals surface area contributed by atoms with E-state index in [9.17, 15) is 4.79 Å². The minimum Gasteiger partial charge on any atom is -0.380 e. The molecule has 1 unspecified atom stereocenters. The molecule has 3 rings (SSSR count). The topological polar surface area (TPSA) is 44.8 Å². The predicted molar refractivity (Wildman–Crippen MR) is 95.1 cm³/mol. The van der Waals surface area contributed by atoms with Crippen molar-refractivity contribution in [3.63, 3.8) is 0 Å². The Labute approximate surface area is 145 Å². The summed E-state index contributed by atoms with van der Waals surface area (Å²) >= 11 is 0. The van der Waals surface area contributed by atoms with Crippen LogP contribution >= 0.6 is 0 Å². The molecular weight excluding hydrogens is 302 g/mol. The van der Waals surface area contributed by atoms with Gasteiger partial charge in [0.05, 0.1) is 6.61 Å². The molecule has 2 heterocycles. The van der Waals surface area contributed by atoms with Gasteiger partial charge in [-0.15, -0.1) is 0 Å². The van der Waals surface area contributed by atoms with Crippen LogP contribution in [0.1, 0.15) is 24.8 Å². The fourth-order valence-corrected chi connectivity index (χ4v) is 3.56. The molecule has 0 aromatic heterocycles. The van der Waals surface area contributed by atoms with Crippen LogP contribution in [0.15, 0.2) is 30.3 Å². The fourth-order valence-electron chi connectivity index (χ4n) is 3.56. The molecule has 1 N–H and O–H groups in total. The van der Waals surface area contributed by atoms with Crippen LogP contribution in [0.25, 0.3) is 0 Å². The van der Waals surface area contributed by atoms with Gasteiger partial charge in [-0.1, -0.05) is 30.3 Å². The number of benzene rings is 1. The Bertz CT molecular complexity index is 503. The number of carbonyl (C=O) groups is 1. The molecule has 1 atom stereocenters. The van der Waals surface area contributed by atoms with Gasteiger partial charge in [-0.05, 0) is 31.2 Å². The van der Waals surface area contributed by atoms with Gasteiger partial charge >= 0.3 is 6.03 Å². The lowest BCUT2D eigenvalue weighted by molar-refractivity contribution is 0.145. The molecule has 2 fully saturated rings. The summed E-state index contributed by atoms with van der Waals surface area (Å²) in [6, 6.07) is 11.1. The van der Waals surface area contributed by atoms with E-state index in [1.165, 1.54) is 5.56 Å². The third-order valence-corrected chi connectivity index (χ3v) is 5.00. The van der Waals surface area contributed by atoms with E-state index in [0.717, 1.165) is 71.6 Å². The number of nitrogens with zero attached hydrogens (tertiary/aromatic N) is 2. The second-order valence-corrected chi connectivity index (χ2v) is 6.72.